The van der Waals surface area contributed by atoms with E-state index >= 15 is 0 Å². The maximum atomic E-state index is 5.58. The maximum Gasteiger partial charge on any atom is 0.133 e. The van der Waals surface area contributed by atoms with Crippen LogP contribution in [0.5, 0.6) is 11.5 Å². The zero-order valence-corrected chi connectivity index (χ0v) is 12.5. The molecule has 2 aromatic rings. The molecule has 96 valence electrons. The van der Waals surface area contributed by atoms with Crippen LogP contribution in [0.15, 0.2) is 22.0 Å². The fourth-order valence-electron chi connectivity index (χ4n) is 1.59. The number of hydrogen-bond acceptors (Lipinski definition) is 5. The van der Waals surface area contributed by atoms with Crippen molar-refractivity contribution in [2.24, 2.45) is 5.73 Å². The number of methoxy groups -OCH3 is 2. The van der Waals surface area contributed by atoms with Crippen LogP contribution >= 0.6 is 27.3 Å². The van der Waals surface area contributed by atoms with Crippen LogP contribution in [0.1, 0.15) is 5.01 Å². The topological polar surface area (TPSA) is 57.4 Å². The van der Waals surface area contributed by atoms with Gasteiger partial charge in [0.25, 0.3) is 0 Å². The zero-order valence-electron chi connectivity index (χ0n) is 10.1. The lowest BCUT2D eigenvalue weighted by molar-refractivity contribution is 0.402. The molecule has 0 aliphatic carbocycles. The molecule has 0 aliphatic heterocycles. The average Bonchev–Trinajstić information content (AvgIpc) is 2.87. The molecule has 1 aromatic heterocycles. The molecule has 1 heterocycles. The molecule has 4 nitrogen and oxygen atoms in total. The molecule has 1 aromatic carbocycles. The van der Waals surface area contributed by atoms with Gasteiger partial charge in [-0.1, -0.05) is 0 Å². The number of halogens is 1. The molecule has 0 unspecified atom stereocenters. The highest BCUT2D eigenvalue weighted by atomic mass is 79.9. The lowest BCUT2D eigenvalue weighted by Crippen LogP contribution is -1.95. The van der Waals surface area contributed by atoms with E-state index in [0.29, 0.717) is 6.54 Å². The van der Waals surface area contributed by atoms with E-state index in [4.69, 9.17) is 15.2 Å². The molecule has 6 heteroatoms. The highest BCUT2D eigenvalue weighted by molar-refractivity contribution is 9.10. The highest BCUT2D eigenvalue weighted by Crippen LogP contribution is 2.38. The van der Waals surface area contributed by atoms with Gasteiger partial charge < -0.3 is 15.2 Å². The van der Waals surface area contributed by atoms with Gasteiger partial charge >= 0.3 is 0 Å². The number of aromatic nitrogens is 1. The lowest BCUT2D eigenvalue weighted by Gasteiger charge is -2.10. The van der Waals surface area contributed by atoms with E-state index in [1.54, 1.807) is 14.2 Å². The average molecular weight is 329 g/mol. The van der Waals surface area contributed by atoms with Crippen molar-refractivity contribution < 1.29 is 9.47 Å². The molecule has 0 atom stereocenters. The van der Waals surface area contributed by atoms with Crippen molar-refractivity contribution in [3.8, 4) is 22.8 Å². The van der Waals surface area contributed by atoms with Gasteiger partial charge in [0, 0.05) is 17.5 Å². The van der Waals surface area contributed by atoms with Gasteiger partial charge in [-0.15, -0.1) is 11.3 Å². The number of nitrogens with two attached hydrogens (primary N) is 1. The van der Waals surface area contributed by atoms with Crippen molar-refractivity contribution in [3.63, 3.8) is 0 Å². The predicted octanol–water partition coefficient (Wildman–Crippen LogP) is 3.05. The predicted molar refractivity (Wildman–Crippen MR) is 76.2 cm³/mol. The first kappa shape index (κ1) is 13.3. The molecular weight excluding hydrogens is 316 g/mol. The van der Waals surface area contributed by atoms with Gasteiger partial charge in [-0.05, 0) is 28.1 Å². The van der Waals surface area contributed by atoms with Gasteiger partial charge in [-0.25, -0.2) is 4.98 Å². The van der Waals surface area contributed by atoms with Gasteiger partial charge in [0.2, 0.25) is 0 Å². The van der Waals surface area contributed by atoms with Crippen LogP contribution in [0.3, 0.4) is 0 Å². The Balaban J connectivity index is 2.54. The molecule has 2 N–H and O–H groups in total. The monoisotopic (exact) mass is 328 g/mol. The fourth-order valence-corrected chi connectivity index (χ4v) is 2.75. The van der Waals surface area contributed by atoms with Crippen molar-refractivity contribution in [3.05, 3.63) is 27.0 Å². The normalized spacial score (nSPS) is 10.4. The summed E-state index contributed by atoms with van der Waals surface area (Å²) < 4.78 is 11.5. The Morgan fingerprint density at radius 2 is 2.00 bits per heavy atom. The molecule has 0 spiro atoms. The molecule has 18 heavy (non-hydrogen) atoms. The van der Waals surface area contributed by atoms with E-state index in [-0.39, 0.29) is 0 Å². The minimum atomic E-state index is 0.445. The fraction of sp³-hybridized carbons (Fsp3) is 0.250. The quantitative estimate of drug-likeness (QED) is 0.937. The summed E-state index contributed by atoms with van der Waals surface area (Å²) in [5, 5.41) is 2.86. The summed E-state index contributed by atoms with van der Waals surface area (Å²) in [6.45, 7) is 0.445. The summed E-state index contributed by atoms with van der Waals surface area (Å²) in [7, 11) is 3.26. The second-order valence-electron chi connectivity index (χ2n) is 3.52. The number of nitrogens with zero attached hydrogens (tertiary/aromatic N) is 1. The van der Waals surface area contributed by atoms with Crippen LogP contribution in [0, 0.1) is 0 Å². The van der Waals surface area contributed by atoms with Crippen molar-refractivity contribution in [2.75, 3.05) is 14.2 Å². The number of hydrogen-bond donors (Lipinski definition) is 1. The van der Waals surface area contributed by atoms with Crippen molar-refractivity contribution in [1.29, 1.82) is 0 Å². The van der Waals surface area contributed by atoms with Crippen LogP contribution in [0.4, 0.5) is 0 Å². The summed E-state index contributed by atoms with van der Waals surface area (Å²) in [4.78, 5) is 4.46. The van der Waals surface area contributed by atoms with Crippen molar-refractivity contribution in [2.45, 2.75) is 6.54 Å². The lowest BCUT2D eigenvalue weighted by atomic mass is 10.1. The summed E-state index contributed by atoms with van der Waals surface area (Å²) in [5.74, 6) is 1.49. The highest BCUT2D eigenvalue weighted by Gasteiger charge is 2.13. The van der Waals surface area contributed by atoms with E-state index in [2.05, 4.69) is 20.9 Å². The van der Waals surface area contributed by atoms with Crippen LogP contribution in [-0.2, 0) is 6.54 Å². The van der Waals surface area contributed by atoms with E-state index in [9.17, 15) is 0 Å². The van der Waals surface area contributed by atoms with Gasteiger partial charge in [0.15, 0.2) is 0 Å². The molecule has 0 radical (unpaired) electrons. The SMILES string of the molecule is COc1cc(-c2csc(CN)n2)c(OC)cc1Br. The van der Waals surface area contributed by atoms with Crippen molar-refractivity contribution >= 4 is 27.3 Å². The Hall–Kier alpha value is -1.11. The Kier molecular flexibility index (Phi) is 4.21. The van der Waals surface area contributed by atoms with E-state index in [0.717, 1.165) is 32.2 Å². The molecule has 0 amide bonds. The minimum absolute atomic E-state index is 0.445. The van der Waals surface area contributed by atoms with Gasteiger partial charge in [-0.3, -0.25) is 0 Å². The number of thiazole rings is 1. The number of benzene rings is 1. The number of ether oxygens (including phenoxy) is 2. The van der Waals surface area contributed by atoms with E-state index in [1.807, 2.05) is 17.5 Å². The summed E-state index contributed by atoms with van der Waals surface area (Å²) in [6, 6.07) is 3.77. The second-order valence-corrected chi connectivity index (χ2v) is 5.31. The first-order chi connectivity index (χ1) is 8.69. The third-order valence-electron chi connectivity index (χ3n) is 2.48. The molecule has 0 fully saturated rings. The van der Waals surface area contributed by atoms with Gasteiger partial charge in [0.1, 0.15) is 16.5 Å². The minimum Gasteiger partial charge on any atom is -0.496 e. The Bertz CT molecular complexity index is 557. The van der Waals surface area contributed by atoms with Gasteiger partial charge in [0.05, 0.1) is 24.4 Å². The Labute approximate surface area is 118 Å². The maximum absolute atomic E-state index is 5.58. The summed E-state index contributed by atoms with van der Waals surface area (Å²) in [6.07, 6.45) is 0. The Morgan fingerprint density at radius 3 is 2.56 bits per heavy atom. The molecule has 0 saturated heterocycles. The van der Waals surface area contributed by atoms with Crippen molar-refractivity contribution in [1.82, 2.24) is 4.98 Å². The zero-order chi connectivity index (χ0) is 13.1. The first-order valence-electron chi connectivity index (χ1n) is 5.26. The second kappa shape index (κ2) is 5.69. The molecule has 0 bridgehead atoms. The molecule has 0 aliphatic rings. The van der Waals surface area contributed by atoms with Gasteiger partial charge in [-0.2, -0.15) is 0 Å². The van der Waals surface area contributed by atoms with Crippen LogP contribution in [0.2, 0.25) is 0 Å². The van der Waals surface area contributed by atoms with Crippen LogP contribution in [-0.4, -0.2) is 19.2 Å². The van der Waals surface area contributed by atoms with E-state index < -0.39 is 0 Å². The summed E-state index contributed by atoms with van der Waals surface area (Å²) in [5.41, 5.74) is 7.32. The first-order valence-corrected chi connectivity index (χ1v) is 6.93. The van der Waals surface area contributed by atoms with Crippen LogP contribution in [0.25, 0.3) is 11.3 Å². The molecular formula is C12H13BrN2O2S. The molecule has 0 saturated carbocycles. The van der Waals surface area contributed by atoms with E-state index in [1.165, 1.54) is 11.3 Å². The summed E-state index contributed by atoms with van der Waals surface area (Å²) >= 11 is 4.97. The Morgan fingerprint density at radius 1 is 1.28 bits per heavy atom. The van der Waals surface area contributed by atoms with Crippen LogP contribution < -0.4 is 15.2 Å². The third-order valence-corrected chi connectivity index (χ3v) is 3.97. The third kappa shape index (κ3) is 2.50. The standard InChI is InChI=1S/C12H13BrN2O2S/c1-16-10-4-8(13)11(17-2)3-7(10)9-6-18-12(5-14)15-9/h3-4,6H,5,14H2,1-2H3. The largest absolute Gasteiger partial charge is 0.496 e. The smallest absolute Gasteiger partial charge is 0.133 e. The number of rotatable bonds is 4. The molecule has 2 rings (SSSR count).